The number of aromatic nitrogens is 2. The Balaban J connectivity index is 1.23. The first-order valence-corrected chi connectivity index (χ1v) is 11.0. The van der Waals surface area contributed by atoms with E-state index in [2.05, 4.69) is 40.5 Å². The minimum Gasteiger partial charge on any atom is -0.367 e. The monoisotopic (exact) mass is 422 g/mol. The molecule has 0 spiro atoms. The van der Waals surface area contributed by atoms with Crippen LogP contribution in [0, 0.1) is 6.92 Å². The molecule has 1 fully saturated rings. The van der Waals surface area contributed by atoms with Gasteiger partial charge in [-0.15, -0.1) is 0 Å². The fraction of sp³-hybridized carbons (Fsp3) is 0.348. The number of piperazine rings is 1. The van der Waals surface area contributed by atoms with Crippen LogP contribution in [0.15, 0.2) is 54.6 Å². The Kier molecular flexibility index (Phi) is 6.71. The average Bonchev–Trinajstić information content (AvgIpc) is 3.25. The molecule has 1 saturated heterocycles. The summed E-state index contributed by atoms with van der Waals surface area (Å²) < 4.78 is 10.1. The van der Waals surface area contributed by atoms with E-state index in [-0.39, 0.29) is 12.5 Å². The maximum atomic E-state index is 12.4. The predicted molar refractivity (Wildman–Crippen MR) is 119 cm³/mol. The number of ether oxygens (including phenoxy) is 1. The lowest BCUT2D eigenvalue weighted by Crippen LogP contribution is -2.49. The van der Waals surface area contributed by atoms with E-state index in [0.717, 1.165) is 36.0 Å². The van der Waals surface area contributed by atoms with Crippen LogP contribution < -0.4 is 4.90 Å². The van der Waals surface area contributed by atoms with Crippen molar-refractivity contribution >= 4 is 22.6 Å². The molecule has 1 aliphatic heterocycles. The molecular weight excluding hydrogens is 396 g/mol. The van der Waals surface area contributed by atoms with E-state index in [1.807, 2.05) is 35.2 Å². The highest BCUT2D eigenvalue weighted by Crippen LogP contribution is 2.20. The minimum absolute atomic E-state index is 0.0444. The molecule has 0 radical (unpaired) electrons. The summed E-state index contributed by atoms with van der Waals surface area (Å²) in [6.07, 6.45) is 0.744. The zero-order valence-corrected chi connectivity index (χ0v) is 18.0. The lowest BCUT2D eigenvalue weighted by atomic mass is 10.1. The van der Waals surface area contributed by atoms with Crippen LogP contribution in [0.5, 0.6) is 0 Å². The van der Waals surface area contributed by atoms with E-state index in [9.17, 15) is 4.79 Å². The van der Waals surface area contributed by atoms with E-state index < -0.39 is 0 Å². The zero-order chi connectivity index (χ0) is 20.8. The number of amides is 1. The van der Waals surface area contributed by atoms with E-state index in [4.69, 9.17) is 9.72 Å². The highest BCUT2D eigenvalue weighted by atomic mass is 32.1. The molecule has 1 amide bonds. The Morgan fingerprint density at radius 2 is 1.73 bits per heavy atom. The van der Waals surface area contributed by atoms with Crippen LogP contribution in [0.4, 0.5) is 5.13 Å². The standard InChI is InChI=1S/C23H26N4O2S/c1-18-7-9-19(10-8-18)15-21-24-23(30-25-21)27-13-11-26(12-14-27)22(28)17-29-16-20-5-3-2-4-6-20/h2-10H,11-17H2,1H3. The van der Waals surface area contributed by atoms with Crippen molar-refractivity contribution in [3.05, 3.63) is 77.1 Å². The summed E-state index contributed by atoms with van der Waals surface area (Å²) in [5, 5.41) is 0.935. The van der Waals surface area contributed by atoms with Crippen molar-refractivity contribution < 1.29 is 9.53 Å². The van der Waals surface area contributed by atoms with Gasteiger partial charge in [0.1, 0.15) is 12.4 Å². The molecular formula is C23H26N4O2S. The van der Waals surface area contributed by atoms with Gasteiger partial charge >= 0.3 is 0 Å². The van der Waals surface area contributed by atoms with E-state index >= 15 is 0 Å². The summed E-state index contributed by atoms with van der Waals surface area (Å²) in [7, 11) is 0. The van der Waals surface area contributed by atoms with Gasteiger partial charge in [-0.05, 0) is 18.1 Å². The number of benzene rings is 2. The third-order valence-corrected chi connectivity index (χ3v) is 6.00. The first-order valence-electron chi connectivity index (χ1n) is 10.2. The Hall–Kier alpha value is -2.77. The molecule has 4 rings (SSSR count). The topological polar surface area (TPSA) is 58.6 Å². The van der Waals surface area contributed by atoms with Gasteiger partial charge in [0, 0.05) is 44.1 Å². The summed E-state index contributed by atoms with van der Waals surface area (Å²) in [5.74, 6) is 0.898. The fourth-order valence-corrected chi connectivity index (χ4v) is 4.14. The summed E-state index contributed by atoms with van der Waals surface area (Å²) >= 11 is 1.44. The molecule has 2 aromatic carbocycles. The molecule has 0 bridgehead atoms. The number of carbonyl (C=O) groups excluding carboxylic acids is 1. The number of rotatable bonds is 7. The maximum absolute atomic E-state index is 12.4. The number of aryl methyl sites for hydroxylation is 1. The van der Waals surface area contributed by atoms with E-state index in [1.54, 1.807) is 0 Å². The third kappa shape index (κ3) is 5.43. The molecule has 1 aliphatic rings. The van der Waals surface area contributed by atoms with Gasteiger partial charge in [0.2, 0.25) is 11.0 Å². The number of anilines is 1. The van der Waals surface area contributed by atoms with Crippen LogP contribution in [0.3, 0.4) is 0 Å². The van der Waals surface area contributed by atoms with Crippen LogP contribution >= 0.6 is 11.5 Å². The van der Waals surface area contributed by atoms with Crippen LogP contribution in [-0.4, -0.2) is 53.0 Å². The molecule has 156 valence electrons. The molecule has 0 saturated carbocycles. The second-order valence-corrected chi connectivity index (χ2v) is 8.23. The molecule has 0 N–H and O–H groups in total. The molecule has 0 aliphatic carbocycles. The van der Waals surface area contributed by atoms with Crippen molar-refractivity contribution in [2.45, 2.75) is 20.0 Å². The van der Waals surface area contributed by atoms with Crippen molar-refractivity contribution in [2.75, 3.05) is 37.7 Å². The quantitative estimate of drug-likeness (QED) is 0.585. The summed E-state index contributed by atoms with van der Waals surface area (Å²) in [6.45, 7) is 5.56. The number of hydrogen-bond donors (Lipinski definition) is 0. The van der Waals surface area contributed by atoms with E-state index in [1.165, 1.54) is 22.7 Å². The van der Waals surface area contributed by atoms with E-state index in [0.29, 0.717) is 19.7 Å². The molecule has 7 heteroatoms. The highest BCUT2D eigenvalue weighted by molar-refractivity contribution is 7.09. The first-order chi connectivity index (χ1) is 14.7. The lowest BCUT2D eigenvalue weighted by molar-refractivity contribution is -0.136. The van der Waals surface area contributed by atoms with Crippen molar-refractivity contribution in [3.63, 3.8) is 0 Å². The molecule has 30 heavy (non-hydrogen) atoms. The normalized spacial score (nSPS) is 14.2. The Labute approximate surface area is 181 Å². The summed E-state index contributed by atoms with van der Waals surface area (Å²) in [6, 6.07) is 18.4. The smallest absolute Gasteiger partial charge is 0.248 e. The van der Waals surface area contributed by atoms with Gasteiger partial charge in [0.05, 0.1) is 6.61 Å². The van der Waals surface area contributed by atoms with Crippen LogP contribution in [0.1, 0.15) is 22.5 Å². The number of nitrogens with zero attached hydrogens (tertiary/aromatic N) is 4. The largest absolute Gasteiger partial charge is 0.367 e. The van der Waals surface area contributed by atoms with Gasteiger partial charge in [0.25, 0.3) is 0 Å². The molecule has 3 aromatic rings. The van der Waals surface area contributed by atoms with Crippen LogP contribution in [0.2, 0.25) is 0 Å². The minimum atomic E-state index is 0.0444. The number of hydrogen-bond acceptors (Lipinski definition) is 6. The van der Waals surface area contributed by atoms with Gasteiger partial charge in [-0.25, -0.2) is 4.98 Å². The molecule has 0 atom stereocenters. The zero-order valence-electron chi connectivity index (χ0n) is 17.2. The molecule has 6 nitrogen and oxygen atoms in total. The van der Waals surface area contributed by atoms with Gasteiger partial charge in [0.15, 0.2) is 0 Å². The van der Waals surface area contributed by atoms with Gasteiger partial charge < -0.3 is 14.5 Å². The highest BCUT2D eigenvalue weighted by Gasteiger charge is 2.23. The second-order valence-electron chi connectivity index (χ2n) is 7.50. The summed E-state index contributed by atoms with van der Waals surface area (Å²) in [5.41, 5.74) is 3.55. The molecule has 1 aromatic heterocycles. The Morgan fingerprint density at radius 3 is 2.47 bits per heavy atom. The molecule has 0 unspecified atom stereocenters. The SMILES string of the molecule is Cc1ccc(Cc2nsc(N3CCN(C(=O)COCc4ccccc4)CC3)n2)cc1. The van der Waals surface area contributed by atoms with Crippen molar-refractivity contribution in [1.29, 1.82) is 0 Å². The van der Waals surface area contributed by atoms with Gasteiger partial charge in [-0.1, -0.05) is 60.2 Å². The van der Waals surface area contributed by atoms with Crippen molar-refractivity contribution in [2.24, 2.45) is 0 Å². The maximum Gasteiger partial charge on any atom is 0.248 e. The van der Waals surface area contributed by atoms with Crippen molar-refractivity contribution in [3.8, 4) is 0 Å². The van der Waals surface area contributed by atoms with Gasteiger partial charge in [-0.3, -0.25) is 4.79 Å². The Bertz CT molecular complexity index is 951. The van der Waals surface area contributed by atoms with Gasteiger partial charge in [-0.2, -0.15) is 4.37 Å². The number of carbonyl (C=O) groups is 1. The summed E-state index contributed by atoms with van der Waals surface area (Å²) in [4.78, 5) is 21.2. The fourth-order valence-electron chi connectivity index (χ4n) is 3.40. The second kappa shape index (κ2) is 9.82. The van der Waals surface area contributed by atoms with Crippen LogP contribution in [-0.2, 0) is 22.6 Å². The predicted octanol–water partition coefficient (Wildman–Crippen LogP) is 3.30. The van der Waals surface area contributed by atoms with Crippen molar-refractivity contribution in [1.82, 2.24) is 14.3 Å². The Morgan fingerprint density at radius 1 is 1.00 bits per heavy atom. The lowest BCUT2D eigenvalue weighted by Gasteiger charge is -2.34. The average molecular weight is 423 g/mol. The first kappa shape index (κ1) is 20.5. The molecule has 2 heterocycles. The van der Waals surface area contributed by atoms with Crippen LogP contribution in [0.25, 0.3) is 0 Å². The third-order valence-electron chi connectivity index (χ3n) is 5.18.